The maximum Gasteiger partial charge on any atom is 0.222 e. The summed E-state index contributed by atoms with van der Waals surface area (Å²) < 4.78 is 0. The number of carbonyl (C=O) groups is 1. The number of aryl methyl sites for hydroxylation is 2. The van der Waals surface area contributed by atoms with E-state index in [1.54, 1.807) is 11.3 Å². The molecular formula is C17H26N2OS. The van der Waals surface area contributed by atoms with Crippen LogP contribution >= 0.6 is 11.3 Å². The molecule has 2 fully saturated rings. The zero-order chi connectivity index (χ0) is 14.7. The second-order valence-electron chi connectivity index (χ2n) is 6.55. The Kier molecular flexibility index (Phi) is 4.94. The highest BCUT2D eigenvalue weighted by molar-refractivity contribution is 7.09. The van der Waals surface area contributed by atoms with Gasteiger partial charge < -0.3 is 4.90 Å². The van der Waals surface area contributed by atoms with Crippen LogP contribution in [0.1, 0.15) is 62.1 Å². The van der Waals surface area contributed by atoms with Gasteiger partial charge in [-0.05, 0) is 51.4 Å². The molecule has 1 saturated heterocycles. The lowest BCUT2D eigenvalue weighted by atomic mass is 9.96. The van der Waals surface area contributed by atoms with E-state index in [-0.39, 0.29) is 0 Å². The van der Waals surface area contributed by atoms with E-state index in [0.29, 0.717) is 18.4 Å². The van der Waals surface area contributed by atoms with Crippen LogP contribution in [0.4, 0.5) is 0 Å². The van der Waals surface area contributed by atoms with E-state index in [4.69, 9.17) is 0 Å². The minimum Gasteiger partial charge on any atom is -0.339 e. The third kappa shape index (κ3) is 3.65. The Morgan fingerprint density at radius 3 is 2.86 bits per heavy atom. The smallest absolute Gasteiger partial charge is 0.222 e. The summed E-state index contributed by atoms with van der Waals surface area (Å²) in [6, 6.07) is 0.557. The van der Waals surface area contributed by atoms with Crippen molar-refractivity contribution < 1.29 is 4.79 Å². The Morgan fingerprint density at radius 1 is 1.33 bits per heavy atom. The zero-order valence-corrected chi connectivity index (χ0v) is 13.8. The highest BCUT2D eigenvalue weighted by Gasteiger charge is 2.35. The molecule has 1 aromatic heterocycles. The second kappa shape index (κ2) is 6.91. The Morgan fingerprint density at radius 2 is 2.14 bits per heavy atom. The van der Waals surface area contributed by atoms with E-state index < -0.39 is 0 Å². The monoisotopic (exact) mass is 306 g/mol. The fraction of sp³-hybridized carbons (Fsp3) is 0.765. The lowest BCUT2D eigenvalue weighted by molar-refractivity contribution is -0.133. The van der Waals surface area contributed by atoms with Crippen molar-refractivity contribution in [2.45, 2.75) is 70.8 Å². The van der Waals surface area contributed by atoms with E-state index in [1.165, 1.54) is 38.5 Å². The Bertz CT molecular complexity index is 479. The molecule has 0 radical (unpaired) electrons. The lowest BCUT2D eigenvalue weighted by Crippen LogP contribution is -2.39. The van der Waals surface area contributed by atoms with Crippen LogP contribution < -0.4 is 0 Å². The van der Waals surface area contributed by atoms with Gasteiger partial charge in [0.05, 0.1) is 10.7 Å². The van der Waals surface area contributed by atoms with E-state index in [2.05, 4.69) is 15.3 Å². The van der Waals surface area contributed by atoms with Crippen molar-refractivity contribution >= 4 is 17.2 Å². The number of hydrogen-bond acceptors (Lipinski definition) is 3. The van der Waals surface area contributed by atoms with Crippen molar-refractivity contribution in [3.63, 3.8) is 0 Å². The van der Waals surface area contributed by atoms with E-state index in [1.807, 2.05) is 6.92 Å². The topological polar surface area (TPSA) is 33.2 Å². The number of likely N-dealkylation sites (tertiary alicyclic amines) is 1. The van der Waals surface area contributed by atoms with Crippen LogP contribution in [0.25, 0.3) is 0 Å². The van der Waals surface area contributed by atoms with Gasteiger partial charge in [-0.2, -0.15) is 0 Å². The van der Waals surface area contributed by atoms with Crippen molar-refractivity contribution in [2.75, 3.05) is 6.54 Å². The standard InChI is InChI=1S/C17H26N2OS/c1-13-18-15(12-21-13)8-4-10-17(20)19-11-5-9-16(19)14-6-2-3-7-14/h12,14,16H,2-11H2,1H3/t16-/m1/s1. The predicted octanol–water partition coefficient (Wildman–Crippen LogP) is 3.96. The molecule has 0 N–H and O–H groups in total. The normalized spacial score (nSPS) is 23.1. The number of hydrogen-bond donors (Lipinski definition) is 0. The average Bonchev–Trinajstić information content (AvgIpc) is 3.19. The van der Waals surface area contributed by atoms with Crippen molar-refractivity contribution in [2.24, 2.45) is 5.92 Å². The molecule has 0 unspecified atom stereocenters. The summed E-state index contributed by atoms with van der Waals surface area (Å²) >= 11 is 1.70. The number of rotatable bonds is 5. The third-order valence-corrected chi connectivity index (χ3v) is 5.88. The molecule has 2 heterocycles. The highest BCUT2D eigenvalue weighted by Crippen LogP contribution is 2.35. The van der Waals surface area contributed by atoms with E-state index in [9.17, 15) is 4.79 Å². The molecule has 1 atom stereocenters. The third-order valence-electron chi connectivity index (χ3n) is 5.05. The molecule has 21 heavy (non-hydrogen) atoms. The first-order valence-electron chi connectivity index (χ1n) is 8.44. The average molecular weight is 306 g/mol. The minimum atomic E-state index is 0.386. The van der Waals surface area contributed by atoms with Gasteiger partial charge >= 0.3 is 0 Å². The molecule has 116 valence electrons. The van der Waals surface area contributed by atoms with Gasteiger partial charge in [0.15, 0.2) is 0 Å². The number of thiazole rings is 1. The van der Waals surface area contributed by atoms with Crippen molar-refractivity contribution in [3.8, 4) is 0 Å². The zero-order valence-electron chi connectivity index (χ0n) is 13.0. The molecule has 1 amide bonds. The summed E-state index contributed by atoms with van der Waals surface area (Å²) in [5.74, 6) is 1.17. The van der Waals surface area contributed by atoms with Crippen LogP contribution in [0.15, 0.2) is 5.38 Å². The van der Waals surface area contributed by atoms with Crippen LogP contribution in [0.3, 0.4) is 0 Å². The molecule has 0 spiro atoms. The maximum atomic E-state index is 12.5. The van der Waals surface area contributed by atoms with Crippen molar-refractivity contribution in [1.29, 1.82) is 0 Å². The molecular weight excluding hydrogens is 280 g/mol. The largest absolute Gasteiger partial charge is 0.339 e. The summed E-state index contributed by atoms with van der Waals surface area (Å²) in [7, 11) is 0. The summed E-state index contributed by atoms with van der Waals surface area (Å²) in [6.07, 6.45) is 10.4. The van der Waals surface area contributed by atoms with Crippen LogP contribution in [-0.2, 0) is 11.2 Å². The highest BCUT2D eigenvalue weighted by atomic mass is 32.1. The first-order valence-corrected chi connectivity index (χ1v) is 9.32. The summed E-state index contributed by atoms with van der Waals surface area (Å²) in [5.41, 5.74) is 1.15. The van der Waals surface area contributed by atoms with Gasteiger partial charge in [0.25, 0.3) is 0 Å². The molecule has 1 aliphatic carbocycles. The van der Waals surface area contributed by atoms with E-state index >= 15 is 0 Å². The van der Waals surface area contributed by atoms with Gasteiger partial charge in [0.2, 0.25) is 5.91 Å². The Labute approximate surface area is 131 Å². The first-order chi connectivity index (χ1) is 10.2. The molecule has 4 heteroatoms. The SMILES string of the molecule is Cc1nc(CCCC(=O)N2CCC[C@@H]2C2CCCC2)cs1. The number of carbonyl (C=O) groups excluding carboxylic acids is 1. The molecule has 0 aromatic carbocycles. The molecule has 2 aliphatic rings. The van der Waals surface area contributed by atoms with Gasteiger partial charge in [-0.3, -0.25) is 4.79 Å². The molecule has 0 bridgehead atoms. The van der Waals surface area contributed by atoms with Gasteiger partial charge in [0.1, 0.15) is 0 Å². The van der Waals surface area contributed by atoms with Gasteiger partial charge in [0, 0.05) is 24.4 Å². The Balaban J connectivity index is 1.47. The first kappa shape index (κ1) is 15.0. The van der Waals surface area contributed by atoms with Crippen LogP contribution in [0.2, 0.25) is 0 Å². The predicted molar refractivity (Wildman–Crippen MR) is 86.5 cm³/mol. The fourth-order valence-electron chi connectivity index (χ4n) is 4.02. The Hall–Kier alpha value is -0.900. The summed E-state index contributed by atoms with van der Waals surface area (Å²) in [5, 5.41) is 3.24. The van der Waals surface area contributed by atoms with Crippen LogP contribution in [-0.4, -0.2) is 28.4 Å². The lowest BCUT2D eigenvalue weighted by Gasteiger charge is -2.29. The quantitative estimate of drug-likeness (QED) is 0.825. The summed E-state index contributed by atoms with van der Waals surface area (Å²) in [6.45, 7) is 3.03. The minimum absolute atomic E-state index is 0.386. The molecule has 1 saturated carbocycles. The fourth-order valence-corrected chi connectivity index (χ4v) is 4.67. The van der Waals surface area contributed by atoms with Gasteiger partial charge in [-0.25, -0.2) is 4.98 Å². The molecule has 3 nitrogen and oxygen atoms in total. The molecule has 1 aliphatic heterocycles. The number of amides is 1. The molecule has 3 rings (SSSR count). The van der Waals surface area contributed by atoms with E-state index in [0.717, 1.165) is 36.0 Å². The van der Waals surface area contributed by atoms with Crippen LogP contribution in [0.5, 0.6) is 0 Å². The summed E-state index contributed by atoms with van der Waals surface area (Å²) in [4.78, 5) is 19.2. The maximum absolute atomic E-state index is 12.5. The second-order valence-corrected chi connectivity index (χ2v) is 7.61. The number of nitrogens with zero attached hydrogens (tertiary/aromatic N) is 2. The van der Waals surface area contributed by atoms with Crippen LogP contribution in [0, 0.1) is 12.8 Å². The van der Waals surface area contributed by atoms with Crippen molar-refractivity contribution in [1.82, 2.24) is 9.88 Å². The molecule has 1 aromatic rings. The number of aromatic nitrogens is 1. The van der Waals surface area contributed by atoms with Crippen molar-refractivity contribution in [3.05, 3.63) is 16.1 Å². The van der Waals surface area contributed by atoms with Gasteiger partial charge in [-0.1, -0.05) is 12.8 Å². The van der Waals surface area contributed by atoms with Gasteiger partial charge in [-0.15, -0.1) is 11.3 Å².